The molecule has 0 bridgehead atoms. The van der Waals surface area contributed by atoms with Crippen LogP contribution in [0, 0.1) is 5.82 Å². The quantitative estimate of drug-likeness (QED) is 0.398. The Labute approximate surface area is 216 Å². The van der Waals surface area contributed by atoms with Crippen molar-refractivity contribution < 1.29 is 17.6 Å². The number of nitrogens with zero attached hydrogens (tertiary/aromatic N) is 3. The first-order valence-corrected chi connectivity index (χ1v) is 13.5. The number of piperazine rings is 1. The Morgan fingerprint density at radius 1 is 0.946 bits per heavy atom. The molecular formula is C27H26BFN4O3S. The normalized spacial score (nSPS) is 14.6. The molecular weight excluding hydrogens is 490 g/mol. The molecule has 5 rings (SSSR count). The zero-order chi connectivity index (χ0) is 26.0. The highest BCUT2D eigenvalue weighted by Crippen LogP contribution is 2.24. The van der Waals surface area contributed by atoms with Crippen LogP contribution in [0.25, 0.3) is 10.9 Å². The second kappa shape index (κ2) is 10.3. The van der Waals surface area contributed by atoms with Gasteiger partial charge in [-0.05, 0) is 48.0 Å². The van der Waals surface area contributed by atoms with E-state index < -0.39 is 10.0 Å². The summed E-state index contributed by atoms with van der Waals surface area (Å²) in [6.07, 6.45) is 1.56. The fraction of sp³-hybridized carbons (Fsp3) is 0.185. The minimum Gasteiger partial charge on any atom is -0.336 e. The fourth-order valence-electron chi connectivity index (χ4n) is 4.57. The van der Waals surface area contributed by atoms with Crippen molar-refractivity contribution in [3.8, 4) is 0 Å². The van der Waals surface area contributed by atoms with Gasteiger partial charge in [-0.2, -0.15) is 0 Å². The Morgan fingerprint density at radius 2 is 1.65 bits per heavy atom. The molecule has 1 aliphatic heterocycles. The second-order valence-electron chi connectivity index (χ2n) is 9.12. The molecule has 1 saturated heterocycles. The smallest absolute Gasteiger partial charge is 0.264 e. The number of para-hydroxylation sites is 1. The molecule has 1 aromatic heterocycles. The van der Waals surface area contributed by atoms with Gasteiger partial charge in [0.2, 0.25) is 0 Å². The summed E-state index contributed by atoms with van der Waals surface area (Å²) >= 11 is 0. The van der Waals surface area contributed by atoms with Gasteiger partial charge >= 0.3 is 0 Å². The zero-order valence-electron chi connectivity index (χ0n) is 20.4. The van der Waals surface area contributed by atoms with Gasteiger partial charge in [-0.1, -0.05) is 35.8 Å². The van der Waals surface area contributed by atoms with E-state index >= 15 is 0 Å². The van der Waals surface area contributed by atoms with Gasteiger partial charge < -0.3 is 4.90 Å². The maximum absolute atomic E-state index is 14.2. The largest absolute Gasteiger partial charge is 0.336 e. The summed E-state index contributed by atoms with van der Waals surface area (Å²) < 4.78 is 42.8. The zero-order valence-corrected chi connectivity index (χ0v) is 21.2. The van der Waals surface area contributed by atoms with Crippen LogP contribution >= 0.6 is 0 Å². The number of anilines is 1. The number of carbonyl (C=O) groups excluding carboxylic acids is 1. The van der Waals surface area contributed by atoms with E-state index in [2.05, 4.69) is 14.6 Å². The van der Waals surface area contributed by atoms with E-state index in [1.54, 1.807) is 53.6 Å². The lowest BCUT2D eigenvalue weighted by molar-refractivity contribution is 0.0627. The molecule has 0 radical (unpaired) electrons. The number of amides is 1. The fourth-order valence-corrected chi connectivity index (χ4v) is 5.81. The third-order valence-electron chi connectivity index (χ3n) is 6.66. The molecule has 10 heteroatoms. The number of hydrogen-bond donors (Lipinski definition) is 1. The van der Waals surface area contributed by atoms with E-state index in [1.807, 2.05) is 26.0 Å². The number of sulfonamides is 1. The molecule has 4 aromatic rings. The van der Waals surface area contributed by atoms with Crippen LogP contribution in [-0.2, 0) is 16.6 Å². The van der Waals surface area contributed by atoms with Crippen molar-refractivity contribution in [1.82, 2.24) is 14.8 Å². The van der Waals surface area contributed by atoms with Gasteiger partial charge in [0, 0.05) is 55.6 Å². The molecule has 2 heterocycles. The Kier molecular flexibility index (Phi) is 6.95. The Morgan fingerprint density at radius 3 is 2.38 bits per heavy atom. The number of pyridine rings is 1. The third kappa shape index (κ3) is 5.35. The van der Waals surface area contributed by atoms with Crippen molar-refractivity contribution in [2.45, 2.75) is 11.4 Å². The first kappa shape index (κ1) is 24.9. The molecule has 188 valence electrons. The highest BCUT2D eigenvalue weighted by Gasteiger charge is 2.24. The van der Waals surface area contributed by atoms with Crippen LogP contribution in [0.4, 0.5) is 10.1 Å². The van der Waals surface area contributed by atoms with Gasteiger partial charge in [0.1, 0.15) is 18.6 Å². The summed E-state index contributed by atoms with van der Waals surface area (Å²) in [5, 5.41) is 0.732. The van der Waals surface area contributed by atoms with E-state index in [0.29, 0.717) is 55.1 Å². The van der Waals surface area contributed by atoms with Gasteiger partial charge in [-0.3, -0.25) is 19.4 Å². The number of carbonyl (C=O) groups is 1. The van der Waals surface area contributed by atoms with Crippen LogP contribution < -0.4 is 10.2 Å². The maximum atomic E-state index is 14.2. The summed E-state index contributed by atoms with van der Waals surface area (Å²) in [6, 6.07) is 20.1. The average molecular weight is 516 g/mol. The number of halogens is 1. The summed E-state index contributed by atoms with van der Waals surface area (Å²) in [7, 11) is -1.97. The molecule has 1 aliphatic rings. The predicted molar refractivity (Wildman–Crippen MR) is 145 cm³/mol. The second-order valence-corrected chi connectivity index (χ2v) is 10.8. The predicted octanol–water partition coefficient (Wildman–Crippen LogP) is 2.39. The van der Waals surface area contributed by atoms with E-state index in [-0.39, 0.29) is 16.6 Å². The average Bonchev–Trinajstić information content (AvgIpc) is 2.91. The molecule has 0 saturated carbocycles. The maximum Gasteiger partial charge on any atom is 0.264 e. The van der Waals surface area contributed by atoms with E-state index in [1.165, 1.54) is 12.1 Å². The highest BCUT2D eigenvalue weighted by molar-refractivity contribution is 7.93. The van der Waals surface area contributed by atoms with Crippen molar-refractivity contribution >= 4 is 45.8 Å². The molecule has 0 spiro atoms. The molecule has 0 aliphatic carbocycles. The van der Waals surface area contributed by atoms with E-state index in [0.717, 1.165) is 10.8 Å². The molecule has 37 heavy (non-hydrogen) atoms. The monoisotopic (exact) mass is 516 g/mol. The van der Waals surface area contributed by atoms with Crippen molar-refractivity contribution in [2.24, 2.45) is 0 Å². The minimum atomic E-state index is -3.87. The van der Waals surface area contributed by atoms with Crippen LogP contribution in [0.3, 0.4) is 0 Å². The highest BCUT2D eigenvalue weighted by atomic mass is 32.2. The summed E-state index contributed by atoms with van der Waals surface area (Å²) in [5.41, 5.74) is 2.85. The number of hydrogen-bond acceptors (Lipinski definition) is 5. The van der Waals surface area contributed by atoms with Crippen LogP contribution in [0.15, 0.2) is 83.9 Å². The molecule has 1 fully saturated rings. The van der Waals surface area contributed by atoms with E-state index in [9.17, 15) is 17.6 Å². The van der Waals surface area contributed by atoms with Crippen LogP contribution in [0.5, 0.6) is 0 Å². The molecule has 3 aromatic carbocycles. The standard InChI is InChI=1S/C27H26BFN4O3S/c28-23-6-2-7-24(29)22(23)18-32-14-16-33(17-15-32)27(34)20-9-11-21(12-10-20)31-37(35,36)25-8-1-4-19-5-3-13-30-26(19)25/h1-13,31H,14-18,28H2. The third-order valence-corrected chi connectivity index (χ3v) is 8.08. The first-order valence-electron chi connectivity index (χ1n) is 12.0. The minimum absolute atomic E-state index is 0.0919. The van der Waals surface area contributed by atoms with Crippen LogP contribution in [0.2, 0.25) is 0 Å². The number of nitrogens with one attached hydrogen (secondary N) is 1. The molecule has 1 N–H and O–H groups in total. The van der Waals surface area contributed by atoms with E-state index in [4.69, 9.17) is 0 Å². The number of benzene rings is 3. The molecule has 1 amide bonds. The number of fused-ring (bicyclic) bond motifs is 1. The van der Waals surface area contributed by atoms with Crippen molar-refractivity contribution in [3.63, 3.8) is 0 Å². The van der Waals surface area contributed by atoms with Crippen LogP contribution in [-0.4, -0.2) is 63.1 Å². The molecule has 0 unspecified atom stereocenters. The number of aromatic nitrogens is 1. The molecule has 0 atom stereocenters. The van der Waals surface area contributed by atoms with Crippen molar-refractivity contribution in [1.29, 1.82) is 0 Å². The van der Waals surface area contributed by atoms with Gasteiger partial charge in [-0.25, -0.2) is 12.8 Å². The summed E-state index contributed by atoms with van der Waals surface area (Å²) in [5.74, 6) is -0.319. The first-order chi connectivity index (χ1) is 17.8. The summed E-state index contributed by atoms with van der Waals surface area (Å²) in [6.45, 7) is 2.89. The Bertz CT molecular complexity index is 1530. The Balaban J connectivity index is 1.22. The summed E-state index contributed by atoms with van der Waals surface area (Å²) in [4.78, 5) is 21.3. The Hall–Kier alpha value is -3.76. The van der Waals surface area contributed by atoms with Gasteiger partial charge in [0.25, 0.3) is 15.9 Å². The lowest BCUT2D eigenvalue weighted by atomic mass is 9.90. The van der Waals surface area contributed by atoms with Crippen molar-refractivity contribution in [2.75, 3.05) is 30.9 Å². The van der Waals surface area contributed by atoms with Gasteiger partial charge in [-0.15, -0.1) is 0 Å². The SMILES string of the molecule is Bc1cccc(F)c1CN1CCN(C(=O)c2ccc(NS(=O)(=O)c3cccc4cccnc34)cc2)CC1. The molecule has 7 nitrogen and oxygen atoms in total. The lowest BCUT2D eigenvalue weighted by Gasteiger charge is -2.35. The topological polar surface area (TPSA) is 82.6 Å². The van der Waals surface area contributed by atoms with Gasteiger partial charge in [0.05, 0.1) is 5.52 Å². The number of rotatable bonds is 6. The van der Waals surface area contributed by atoms with Crippen LogP contribution in [0.1, 0.15) is 15.9 Å². The lowest BCUT2D eigenvalue weighted by Crippen LogP contribution is -2.48. The van der Waals surface area contributed by atoms with Gasteiger partial charge in [0.15, 0.2) is 0 Å². The van der Waals surface area contributed by atoms with Crippen molar-refractivity contribution in [3.05, 3.63) is 95.9 Å².